The Labute approximate surface area is 97.2 Å². The first-order valence-corrected chi connectivity index (χ1v) is 6.03. The molecule has 15 heavy (non-hydrogen) atoms. The molecule has 0 fully saturated rings. The van der Waals surface area contributed by atoms with Crippen molar-refractivity contribution < 1.29 is 0 Å². The fourth-order valence-electron chi connectivity index (χ4n) is 1.29. The van der Waals surface area contributed by atoms with Gasteiger partial charge < -0.3 is 0 Å². The Kier molecular flexibility index (Phi) is 3.28. The third-order valence-corrected chi connectivity index (χ3v) is 2.70. The maximum absolute atomic E-state index is 5.93. The first kappa shape index (κ1) is 10.5. The van der Waals surface area contributed by atoms with Gasteiger partial charge in [-0.3, -0.25) is 0 Å². The van der Waals surface area contributed by atoms with Gasteiger partial charge >= 0.3 is 0 Å². The van der Waals surface area contributed by atoms with E-state index in [-0.39, 0.29) is 0 Å². The van der Waals surface area contributed by atoms with Crippen LogP contribution in [0.4, 0.5) is 0 Å². The van der Waals surface area contributed by atoms with Crippen molar-refractivity contribution in [2.45, 2.75) is 19.8 Å². The standard InChI is InChI=1S/C10H10ClN3S/c1-2-3-7-4-9(11)14-10(13-7)8-5-15-6-12-8/h4-6H,2-3H2,1H3. The highest BCUT2D eigenvalue weighted by molar-refractivity contribution is 7.07. The summed E-state index contributed by atoms with van der Waals surface area (Å²) in [6, 6.07) is 1.81. The normalized spacial score (nSPS) is 10.5. The molecule has 0 aliphatic rings. The lowest BCUT2D eigenvalue weighted by atomic mass is 10.2. The Morgan fingerprint density at radius 1 is 1.40 bits per heavy atom. The summed E-state index contributed by atoms with van der Waals surface area (Å²) < 4.78 is 0. The number of nitrogens with zero attached hydrogens (tertiary/aromatic N) is 3. The summed E-state index contributed by atoms with van der Waals surface area (Å²) >= 11 is 7.45. The van der Waals surface area contributed by atoms with Crippen LogP contribution in [0.1, 0.15) is 19.0 Å². The van der Waals surface area contributed by atoms with Crippen molar-refractivity contribution in [1.82, 2.24) is 15.0 Å². The van der Waals surface area contributed by atoms with Gasteiger partial charge in [0, 0.05) is 11.1 Å². The molecule has 0 aliphatic carbocycles. The molecule has 2 aromatic heterocycles. The molecule has 0 aliphatic heterocycles. The van der Waals surface area contributed by atoms with Gasteiger partial charge in [0.15, 0.2) is 5.82 Å². The molecule has 78 valence electrons. The van der Waals surface area contributed by atoms with Crippen LogP contribution in [0.5, 0.6) is 0 Å². The number of thiazole rings is 1. The second kappa shape index (κ2) is 4.68. The Bertz CT molecular complexity index is 442. The molecule has 0 bridgehead atoms. The van der Waals surface area contributed by atoms with Crippen LogP contribution < -0.4 is 0 Å². The summed E-state index contributed by atoms with van der Waals surface area (Å²) in [5.74, 6) is 0.618. The molecule has 0 N–H and O–H groups in total. The predicted molar refractivity (Wildman–Crippen MR) is 62.1 cm³/mol. The fraction of sp³-hybridized carbons (Fsp3) is 0.300. The summed E-state index contributed by atoms with van der Waals surface area (Å²) in [4.78, 5) is 12.7. The third kappa shape index (κ3) is 2.52. The Balaban J connectivity index is 2.40. The van der Waals surface area contributed by atoms with E-state index in [0.29, 0.717) is 11.0 Å². The molecule has 2 heterocycles. The largest absolute Gasteiger partial charge is 0.241 e. The van der Waals surface area contributed by atoms with Gasteiger partial charge in [-0.25, -0.2) is 15.0 Å². The molecular weight excluding hydrogens is 230 g/mol. The summed E-state index contributed by atoms with van der Waals surface area (Å²) in [7, 11) is 0. The second-order valence-electron chi connectivity index (χ2n) is 3.13. The lowest BCUT2D eigenvalue weighted by Crippen LogP contribution is -1.96. The molecule has 0 radical (unpaired) electrons. The highest BCUT2D eigenvalue weighted by atomic mass is 35.5. The van der Waals surface area contributed by atoms with E-state index in [2.05, 4.69) is 21.9 Å². The van der Waals surface area contributed by atoms with Gasteiger partial charge in [-0.05, 0) is 12.5 Å². The smallest absolute Gasteiger partial charge is 0.180 e. The van der Waals surface area contributed by atoms with Crippen LogP contribution in [0.15, 0.2) is 17.0 Å². The van der Waals surface area contributed by atoms with E-state index in [0.717, 1.165) is 24.2 Å². The molecule has 0 unspecified atom stereocenters. The van der Waals surface area contributed by atoms with Crippen LogP contribution in [0.3, 0.4) is 0 Å². The molecule has 0 atom stereocenters. The topological polar surface area (TPSA) is 38.7 Å². The van der Waals surface area contributed by atoms with E-state index in [1.807, 2.05) is 5.38 Å². The molecule has 0 saturated heterocycles. The zero-order chi connectivity index (χ0) is 10.7. The highest BCUT2D eigenvalue weighted by Gasteiger charge is 2.06. The quantitative estimate of drug-likeness (QED) is 0.772. The second-order valence-corrected chi connectivity index (χ2v) is 4.24. The molecule has 2 rings (SSSR count). The lowest BCUT2D eigenvalue weighted by molar-refractivity contribution is 0.874. The molecule has 0 spiro atoms. The van der Waals surface area contributed by atoms with Crippen molar-refractivity contribution >= 4 is 22.9 Å². The first-order chi connectivity index (χ1) is 7.29. The van der Waals surface area contributed by atoms with Crippen molar-refractivity contribution in [2.24, 2.45) is 0 Å². The number of rotatable bonds is 3. The van der Waals surface area contributed by atoms with Gasteiger partial charge in [-0.1, -0.05) is 24.9 Å². The van der Waals surface area contributed by atoms with Crippen LogP contribution in [-0.2, 0) is 6.42 Å². The zero-order valence-corrected chi connectivity index (χ0v) is 9.85. The van der Waals surface area contributed by atoms with Gasteiger partial charge in [0.25, 0.3) is 0 Å². The number of halogens is 1. The van der Waals surface area contributed by atoms with E-state index in [1.54, 1.807) is 11.6 Å². The maximum Gasteiger partial charge on any atom is 0.180 e. The highest BCUT2D eigenvalue weighted by Crippen LogP contribution is 2.18. The lowest BCUT2D eigenvalue weighted by Gasteiger charge is -2.01. The Hall–Kier alpha value is -1.00. The molecular formula is C10H10ClN3S. The number of hydrogen-bond donors (Lipinski definition) is 0. The van der Waals surface area contributed by atoms with E-state index in [9.17, 15) is 0 Å². The van der Waals surface area contributed by atoms with Gasteiger partial charge in [-0.15, -0.1) is 11.3 Å². The van der Waals surface area contributed by atoms with Gasteiger partial charge in [0.05, 0.1) is 5.51 Å². The third-order valence-electron chi connectivity index (χ3n) is 1.92. The van der Waals surface area contributed by atoms with Crippen molar-refractivity contribution in [1.29, 1.82) is 0 Å². The van der Waals surface area contributed by atoms with Crippen molar-refractivity contribution in [3.8, 4) is 11.5 Å². The maximum atomic E-state index is 5.93. The van der Waals surface area contributed by atoms with Gasteiger partial charge in [0.2, 0.25) is 0 Å². The van der Waals surface area contributed by atoms with Crippen LogP contribution in [0, 0.1) is 0 Å². The van der Waals surface area contributed by atoms with E-state index < -0.39 is 0 Å². The molecule has 2 aromatic rings. The molecule has 3 nitrogen and oxygen atoms in total. The SMILES string of the molecule is CCCc1cc(Cl)nc(-c2cscn2)n1. The first-order valence-electron chi connectivity index (χ1n) is 4.71. The van der Waals surface area contributed by atoms with Gasteiger partial charge in [0.1, 0.15) is 10.8 Å². The van der Waals surface area contributed by atoms with E-state index in [1.165, 1.54) is 11.3 Å². The molecule has 5 heteroatoms. The Morgan fingerprint density at radius 3 is 2.93 bits per heavy atom. The monoisotopic (exact) mass is 239 g/mol. The van der Waals surface area contributed by atoms with Crippen LogP contribution in [0.25, 0.3) is 11.5 Å². The summed E-state index contributed by atoms with van der Waals surface area (Å²) in [5.41, 5.74) is 3.53. The van der Waals surface area contributed by atoms with E-state index >= 15 is 0 Å². The number of aromatic nitrogens is 3. The van der Waals surface area contributed by atoms with Crippen molar-refractivity contribution in [3.05, 3.63) is 27.8 Å². The summed E-state index contributed by atoms with van der Waals surface area (Å²) in [5, 5.41) is 2.40. The zero-order valence-electron chi connectivity index (χ0n) is 8.27. The average molecular weight is 240 g/mol. The average Bonchev–Trinajstić information content (AvgIpc) is 2.70. The molecule has 0 amide bonds. The summed E-state index contributed by atoms with van der Waals surface area (Å²) in [6.45, 7) is 2.11. The van der Waals surface area contributed by atoms with E-state index in [4.69, 9.17) is 11.6 Å². The Morgan fingerprint density at radius 2 is 2.27 bits per heavy atom. The number of hydrogen-bond acceptors (Lipinski definition) is 4. The van der Waals surface area contributed by atoms with Crippen molar-refractivity contribution in [3.63, 3.8) is 0 Å². The fourth-order valence-corrected chi connectivity index (χ4v) is 2.02. The predicted octanol–water partition coefficient (Wildman–Crippen LogP) is 3.21. The van der Waals surface area contributed by atoms with Crippen LogP contribution >= 0.6 is 22.9 Å². The minimum Gasteiger partial charge on any atom is -0.241 e. The minimum absolute atomic E-state index is 0.483. The van der Waals surface area contributed by atoms with Crippen molar-refractivity contribution in [2.75, 3.05) is 0 Å². The molecule has 0 aromatic carbocycles. The molecule has 0 saturated carbocycles. The van der Waals surface area contributed by atoms with Crippen LogP contribution in [0.2, 0.25) is 5.15 Å². The summed E-state index contributed by atoms with van der Waals surface area (Å²) in [6.07, 6.45) is 1.96. The minimum atomic E-state index is 0.483. The van der Waals surface area contributed by atoms with Gasteiger partial charge in [-0.2, -0.15) is 0 Å². The van der Waals surface area contributed by atoms with Crippen LogP contribution in [-0.4, -0.2) is 15.0 Å². The number of aryl methyl sites for hydroxylation is 1.